The highest BCUT2D eigenvalue weighted by Gasteiger charge is 2.12. The van der Waals surface area contributed by atoms with Gasteiger partial charge in [0.15, 0.2) is 11.5 Å². The van der Waals surface area contributed by atoms with E-state index in [1.807, 2.05) is 12.1 Å². The Morgan fingerprint density at radius 1 is 1.04 bits per heavy atom. The van der Waals surface area contributed by atoms with Crippen LogP contribution in [0.25, 0.3) is 0 Å². The van der Waals surface area contributed by atoms with Crippen molar-refractivity contribution < 1.29 is 19.0 Å². The summed E-state index contributed by atoms with van der Waals surface area (Å²) in [5.41, 5.74) is 2.81. The number of carbonyl (C=O) groups excluding carboxylic acids is 1. The molecule has 0 unspecified atom stereocenters. The summed E-state index contributed by atoms with van der Waals surface area (Å²) in [4.78, 5) is 14.6. The summed E-state index contributed by atoms with van der Waals surface area (Å²) in [5.74, 6) is 1.14. The van der Waals surface area contributed by atoms with Gasteiger partial charge in [-0.25, -0.2) is 0 Å². The second-order valence-corrected chi connectivity index (χ2v) is 6.06. The van der Waals surface area contributed by atoms with Crippen LogP contribution in [0.4, 0.5) is 11.4 Å². The van der Waals surface area contributed by atoms with Crippen molar-refractivity contribution in [3.63, 3.8) is 0 Å². The quantitative estimate of drug-likeness (QED) is 0.862. The molecule has 1 aliphatic heterocycles. The minimum Gasteiger partial charge on any atom is -0.493 e. The molecule has 3 rings (SSSR count). The molecule has 6 nitrogen and oxygen atoms in total. The van der Waals surface area contributed by atoms with Crippen LogP contribution in [0.15, 0.2) is 42.5 Å². The Bertz CT molecular complexity index is 740. The minimum atomic E-state index is -0.0728. The molecule has 138 valence electrons. The summed E-state index contributed by atoms with van der Waals surface area (Å²) in [7, 11) is 3.15. The Morgan fingerprint density at radius 3 is 2.38 bits per heavy atom. The number of amides is 1. The number of nitrogens with zero attached hydrogens (tertiary/aromatic N) is 1. The molecule has 2 aromatic carbocycles. The van der Waals surface area contributed by atoms with Crippen LogP contribution in [0.3, 0.4) is 0 Å². The zero-order valence-corrected chi connectivity index (χ0v) is 15.2. The van der Waals surface area contributed by atoms with Gasteiger partial charge in [-0.15, -0.1) is 0 Å². The number of hydrogen-bond donors (Lipinski definition) is 1. The van der Waals surface area contributed by atoms with Crippen molar-refractivity contribution in [2.45, 2.75) is 6.42 Å². The van der Waals surface area contributed by atoms with Crippen LogP contribution in [-0.4, -0.2) is 46.4 Å². The molecule has 26 heavy (non-hydrogen) atoms. The first kappa shape index (κ1) is 18.1. The fraction of sp³-hybridized carbons (Fsp3) is 0.350. The molecule has 0 aromatic heterocycles. The third-order valence-electron chi connectivity index (χ3n) is 4.34. The smallest absolute Gasteiger partial charge is 0.228 e. The molecule has 1 heterocycles. The van der Waals surface area contributed by atoms with Crippen LogP contribution >= 0.6 is 0 Å². The molecule has 0 spiro atoms. The van der Waals surface area contributed by atoms with E-state index in [0.29, 0.717) is 23.6 Å². The van der Waals surface area contributed by atoms with Crippen LogP contribution in [0, 0.1) is 0 Å². The molecule has 1 saturated heterocycles. The number of benzene rings is 2. The number of nitrogens with one attached hydrogen (secondary N) is 1. The third-order valence-corrected chi connectivity index (χ3v) is 4.34. The predicted molar refractivity (Wildman–Crippen MR) is 101 cm³/mol. The first-order valence-corrected chi connectivity index (χ1v) is 8.63. The van der Waals surface area contributed by atoms with Crippen LogP contribution in [-0.2, 0) is 16.0 Å². The minimum absolute atomic E-state index is 0.0728. The van der Waals surface area contributed by atoms with Crippen molar-refractivity contribution in [1.29, 1.82) is 0 Å². The summed E-state index contributed by atoms with van der Waals surface area (Å²) < 4.78 is 15.8. The Morgan fingerprint density at radius 2 is 1.73 bits per heavy atom. The van der Waals surface area contributed by atoms with Gasteiger partial charge in [0.1, 0.15) is 0 Å². The van der Waals surface area contributed by atoms with Crippen LogP contribution in [0.2, 0.25) is 0 Å². The molecule has 0 radical (unpaired) electrons. The predicted octanol–water partition coefficient (Wildman–Crippen LogP) is 2.72. The maximum absolute atomic E-state index is 12.3. The lowest BCUT2D eigenvalue weighted by Gasteiger charge is -2.28. The zero-order valence-electron chi connectivity index (χ0n) is 15.2. The topological polar surface area (TPSA) is 60.0 Å². The molecule has 0 atom stereocenters. The lowest BCUT2D eigenvalue weighted by Crippen LogP contribution is -2.36. The first-order valence-electron chi connectivity index (χ1n) is 8.63. The Hall–Kier alpha value is -2.73. The van der Waals surface area contributed by atoms with Crippen molar-refractivity contribution in [2.75, 3.05) is 50.7 Å². The van der Waals surface area contributed by atoms with Crippen LogP contribution in [0.5, 0.6) is 11.5 Å². The Labute approximate surface area is 153 Å². The lowest BCUT2D eigenvalue weighted by molar-refractivity contribution is -0.115. The van der Waals surface area contributed by atoms with Gasteiger partial charge in [-0.05, 0) is 29.8 Å². The maximum Gasteiger partial charge on any atom is 0.228 e. The van der Waals surface area contributed by atoms with Gasteiger partial charge in [0.25, 0.3) is 0 Å². The van der Waals surface area contributed by atoms with Crippen molar-refractivity contribution in [2.24, 2.45) is 0 Å². The average molecular weight is 356 g/mol. The Balaban J connectivity index is 1.59. The van der Waals surface area contributed by atoms with E-state index < -0.39 is 0 Å². The van der Waals surface area contributed by atoms with E-state index in [2.05, 4.69) is 22.3 Å². The summed E-state index contributed by atoms with van der Waals surface area (Å²) in [6.07, 6.45) is 0.317. The monoisotopic (exact) mass is 356 g/mol. The molecular weight excluding hydrogens is 332 g/mol. The second-order valence-electron chi connectivity index (χ2n) is 6.06. The van der Waals surface area contributed by atoms with Gasteiger partial charge < -0.3 is 24.4 Å². The molecular formula is C20H24N2O4. The van der Waals surface area contributed by atoms with Gasteiger partial charge in [-0.3, -0.25) is 4.79 Å². The summed E-state index contributed by atoms with van der Waals surface area (Å²) in [6.45, 7) is 3.32. The van der Waals surface area contributed by atoms with E-state index in [1.54, 1.807) is 32.4 Å². The molecule has 6 heteroatoms. The van der Waals surface area contributed by atoms with Gasteiger partial charge in [-0.1, -0.05) is 12.1 Å². The number of carbonyl (C=O) groups is 1. The first-order chi connectivity index (χ1) is 12.7. The van der Waals surface area contributed by atoms with Gasteiger partial charge in [-0.2, -0.15) is 0 Å². The molecule has 0 bridgehead atoms. The maximum atomic E-state index is 12.3. The number of morpholine rings is 1. The van der Waals surface area contributed by atoms with Gasteiger partial charge in [0.05, 0.1) is 33.9 Å². The van der Waals surface area contributed by atoms with Gasteiger partial charge in [0.2, 0.25) is 5.91 Å². The van der Waals surface area contributed by atoms with Gasteiger partial charge >= 0.3 is 0 Å². The van der Waals surface area contributed by atoms with Crippen LogP contribution in [0.1, 0.15) is 5.56 Å². The number of anilines is 2. The molecule has 1 fully saturated rings. The van der Waals surface area contributed by atoms with Crippen molar-refractivity contribution in [1.82, 2.24) is 0 Å². The second kappa shape index (κ2) is 8.58. The van der Waals surface area contributed by atoms with Crippen molar-refractivity contribution >= 4 is 17.3 Å². The fourth-order valence-electron chi connectivity index (χ4n) is 2.95. The largest absolute Gasteiger partial charge is 0.493 e. The number of hydrogen-bond acceptors (Lipinski definition) is 5. The number of rotatable bonds is 6. The normalized spacial score (nSPS) is 14.0. The molecule has 2 aromatic rings. The Kier molecular flexibility index (Phi) is 5.96. The molecule has 1 aliphatic rings. The number of ether oxygens (including phenoxy) is 3. The van der Waals surface area contributed by atoms with E-state index in [0.717, 1.165) is 37.6 Å². The summed E-state index contributed by atoms with van der Waals surface area (Å²) in [5, 5.41) is 2.89. The lowest BCUT2D eigenvalue weighted by atomic mass is 10.1. The molecule has 0 saturated carbocycles. The fourth-order valence-corrected chi connectivity index (χ4v) is 2.95. The van der Waals surface area contributed by atoms with E-state index >= 15 is 0 Å². The molecule has 1 N–H and O–H groups in total. The summed E-state index contributed by atoms with van der Waals surface area (Å²) in [6, 6.07) is 13.4. The molecule has 0 aliphatic carbocycles. The average Bonchev–Trinajstić information content (AvgIpc) is 2.69. The molecule has 1 amide bonds. The number of methoxy groups -OCH3 is 2. The van der Waals surface area contributed by atoms with E-state index in [-0.39, 0.29) is 5.91 Å². The SMILES string of the molecule is COc1ccc(NC(=O)Cc2ccc(N3CCOCC3)cc2)cc1OC. The third kappa shape index (κ3) is 4.46. The zero-order chi connectivity index (χ0) is 18.4. The van der Waals surface area contributed by atoms with Gasteiger partial charge in [0, 0.05) is 30.5 Å². The highest BCUT2D eigenvalue weighted by molar-refractivity contribution is 5.92. The summed E-state index contributed by atoms with van der Waals surface area (Å²) >= 11 is 0. The van der Waals surface area contributed by atoms with E-state index in [1.165, 1.54) is 0 Å². The van der Waals surface area contributed by atoms with Crippen molar-refractivity contribution in [3.8, 4) is 11.5 Å². The van der Waals surface area contributed by atoms with E-state index in [4.69, 9.17) is 14.2 Å². The van der Waals surface area contributed by atoms with Crippen molar-refractivity contribution in [3.05, 3.63) is 48.0 Å². The van der Waals surface area contributed by atoms with E-state index in [9.17, 15) is 4.79 Å². The highest BCUT2D eigenvalue weighted by atomic mass is 16.5. The standard InChI is InChI=1S/C20H24N2O4/c1-24-18-8-5-16(14-19(18)25-2)21-20(23)13-15-3-6-17(7-4-15)22-9-11-26-12-10-22/h3-8,14H,9-13H2,1-2H3,(H,21,23). The highest BCUT2D eigenvalue weighted by Crippen LogP contribution is 2.29. The van der Waals surface area contributed by atoms with Crippen LogP contribution < -0.4 is 19.7 Å².